The van der Waals surface area contributed by atoms with Crippen molar-refractivity contribution >= 4 is 0 Å². The molecule has 2 N–H and O–H groups in total. The van der Waals surface area contributed by atoms with Gasteiger partial charge in [-0.3, -0.25) is 0 Å². The van der Waals surface area contributed by atoms with Crippen molar-refractivity contribution in [3.05, 3.63) is 47.1 Å². The van der Waals surface area contributed by atoms with Gasteiger partial charge in [0, 0.05) is 5.92 Å². The average molecular weight is 269 g/mol. The molecule has 1 aromatic heterocycles. The summed E-state index contributed by atoms with van der Waals surface area (Å²) in [5.41, 5.74) is 8.69. The molecule has 0 aliphatic heterocycles. The van der Waals surface area contributed by atoms with Crippen molar-refractivity contribution in [1.29, 1.82) is 0 Å². The Morgan fingerprint density at radius 3 is 2.45 bits per heavy atom. The van der Waals surface area contributed by atoms with E-state index in [0.29, 0.717) is 17.7 Å². The van der Waals surface area contributed by atoms with Crippen LogP contribution in [0.4, 0.5) is 0 Å². The van der Waals surface area contributed by atoms with Crippen molar-refractivity contribution in [2.24, 2.45) is 11.7 Å². The quantitative estimate of drug-likeness (QED) is 0.930. The van der Waals surface area contributed by atoms with E-state index in [2.05, 4.69) is 34.4 Å². The Balaban J connectivity index is 1.58. The van der Waals surface area contributed by atoms with E-state index < -0.39 is 5.54 Å². The molecule has 1 heterocycles. The van der Waals surface area contributed by atoms with Crippen LogP contribution in [0.25, 0.3) is 0 Å². The Bertz CT molecular complexity index is 618. The monoisotopic (exact) mass is 269 g/mol. The lowest BCUT2D eigenvalue weighted by Gasteiger charge is -2.18. The van der Waals surface area contributed by atoms with Crippen molar-refractivity contribution in [3.63, 3.8) is 0 Å². The minimum Gasteiger partial charge on any atom is -0.337 e. The summed E-state index contributed by atoms with van der Waals surface area (Å²) in [6, 6.07) is 8.56. The lowest BCUT2D eigenvalue weighted by atomic mass is 9.97. The van der Waals surface area contributed by atoms with Crippen LogP contribution in [0.3, 0.4) is 0 Å². The third kappa shape index (κ3) is 1.86. The van der Waals surface area contributed by atoms with Gasteiger partial charge >= 0.3 is 0 Å². The van der Waals surface area contributed by atoms with E-state index >= 15 is 0 Å². The molecule has 1 fully saturated rings. The molecule has 2 aromatic rings. The number of hydrogen-bond acceptors (Lipinski definition) is 4. The number of nitrogens with two attached hydrogens (primary N) is 1. The molecule has 0 spiro atoms. The molecule has 0 saturated heterocycles. The minimum absolute atomic E-state index is 0.333. The number of nitrogens with zero attached hydrogens (tertiary/aromatic N) is 2. The van der Waals surface area contributed by atoms with Crippen molar-refractivity contribution in [2.75, 3.05) is 0 Å². The Morgan fingerprint density at radius 1 is 1.20 bits per heavy atom. The zero-order chi connectivity index (χ0) is 13.7. The smallest absolute Gasteiger partial charge is 0.246 e. The first-order valence-electron chi connectivity index (χ1n) is 7.34. The molecule has 1 unspecified atom stereocenters. The zero-order valence-corrected chi connectivity index (χ0v) is 11.7. The second-order valence-corrected chi connectivity index (χ2v) is 6.39. The van der Waals surface area contributed by atoms with Crippen LogP contribution in [-0.4, -0.2) is 10.1 Å². The maximum Gasteiger partial charge on any atom is 0.246 e. The van der Waals surface area contributed by atoms with E-state index in [1.54, 1.807) is 0 Å². The Morgan fingerprint density at radius 2 is 1.85 bits per heavy atom. The number of fused-ring (bicyclic) bond motifs is 1. The van der Waals surface area contributed by atoms with E-state index in [1.807, 2.05) is 6.92 Å². The van der Waals surface area contributed by atoms with Gasteiger partial charge in [-0.25, -0.2) is 0 Å². The average Bonchev–Trinajstić information content (AvgIpc) is 3.04. The molecule has 1 aromatic carbocycles. The second kappa shape index (κ2) is 4.16. The normalized spacial score (nSPS) is 21.7. The van der Waals surface area contributed by atoms with E-state index in [9.17, 15) is 0 Å². The maximum absolute atomic E-state index is 6.34. The van der Waals surface area contributed by atoms with Crippen LogP contribution < -0.4 is 5.73 Å². The SMILES string of the molecule is CC(N)(c1nc(C2Cc3ccccc3C2)no1)C1CC1. The second-order valence-electron chi connectivity index (χ2n) is 6.39. The van der Waals surface area contributed by atoms with Gasteiger partial charge in [0.05, 0.1) is 5.54 Å². The molecule has 0 bridgehead atoms. The molecule has 4 nitrogen and oxygen atoms in total. The number of hydrogen-bond donors (Lipinski definition) is 1. The number of benzene rings is 1. The zero-order valence-electron chi connectivity index (χ0n) is 11.7. The minimum atomic E-state index is -0.462. The van der Waals surface area contributed by atoms with Gasteiger partial charge in [-0.15, -0.1) is 0 Å². The summed E-state index contributed by atoms with van der Waals surface area (Å²) in [6.45, 7) is 2.01. The predicted molar refractivity (Wildman–Crippen MR) is 75.2 cm³/mol. The molecule has 4 rings (SSSR count). The van der Waals surface area contributed by atoms with Gasteiger partial charge in [0.15, 0.2) is 5.82 Å². The predicted octanol–water partition coefficient (Wildman–Crippen LogP) is 2.54. The van der Waals surface area contributed by atoms with Gasteiger partial charge in [0.2, 0.25) is 5.89 Å². The molecule has 1 atom stereocenters. The van der Waals surface area contributed by atoms with Crippen LogP contribution >= 0.6 is 0 Å². The van der Waals surface area contributed by atoms with Gasteiger partial charge < -0.3 is 10.3 Å². The first-order valence-corrected chi connectivity index (χ1v) is 7.34. The first kappa shape index (κ1) is 12.1. The molecular formula is C16H19N3O. The van der Waals surface area contributed by atoms with Crippen molar-refractivity contribution in [2.45, 2.75) is 44.1 Å². The van der Waals surface area contributed by atoms with Crippen LogP contribution in [0, 0.1) is 5.92 Å². The van der Waals surface area contributed by atoms with Crippen LogP contribution in [0.15, 0.2) is 28.8 Å². The Labute approximate surface area is 118 Å². The molecule has 4 heteroatoms. The fourth-order valence-electron chi connectivity index (χ4n) is 3.22. The fourth-order valence-corrected chi connectivity index (χ4v) is 3.22. The lowest BCUT2D eigenvalue weighted by molar-refractivity contribution is 0.271. The summed E-state index contributed by atoms with van der Waals surface area (Å²) < 4.78 is 5.46. The van der Waals surface area contributed by atoms with Crippen molar-refractivity contribution < 1.29 is 4.52 Å². The number of aromatic nitrogens is 2. The van der Waals surface area contributed by atoms with E-state index in [1.165, 1.54) is 24.0 Å². The van der Waals surface area contributed by atoms with Gasteiger partial charge in [0.1, 0.15) is 0 Å². The van der Waals surface area contributed by atoms with Crippen molar-refractivity contribution in [3.8, 4) is 0 Å². The van der Waals surface area contributed by atoms with Crippen LogP contribution in [-0.2, 0) is 18.4 Å². The van der Waals surface area contributed by atoms with Crippen LogP contribution in [0.1, 0.15) is 48.5 Å². The largest absolute Gasteiger partial charge is 0.337 e. The van der Waals surface area contributed by atoms with Crippen LogP contribution in [0.5, 0.6) is 0 Å². The molecule has 2 aliphatic carbocycles. The molecule has 2 aliphatic rings. The summed E-state index contributed by atoms with van der Waals surface area (Å²) in [5, 5.41) is 4.19. The first-order chi connectivity index (χ1) is 9.64. The van der Waals surface area contributed by atoms with Gasteiger partial charge in [-0.2, -0.15) is 4.98 Å². The summed E-state index contributed by atoms with van der Waals surface area (Å²) >= 11 is 0. The highest BCUT2D eigenvalue weighted by molar-refractivity contribution is 5.35. The lowest BCUT2D eigenvalue weighted by Crippen LogP contribution is -2.35. The number of rotatable bonds is 3. The van der Waals surface area contributed by atoms with E-state index in [0.717, 1.165) is 18.7 Å². The highest BCUT2D eigenvalue weighted by Gasteiger charge is 2.44. The maximum atomic E-state index is 6.34. The summed E-state index contributed by atoms with van der Waals surface area (Å²) in [5.74, 6) is 2.25. The standard InChI is InChI=1S/C16H19N3O/c1-16(17,13-6-7-13)15-18-14(19-20-15)12-8-10-4-2-3-5-11(10)9-12/h2-5,12-13H,6-9,17H2,1H3. The molecule has 20 heavy (non-hydrogen) atoms. The molecule has 104 valence electrons. The highest BCUT2D eigenvalue weighted by Crippen LogP contribution is 2.43. The summed E-state index contributed by atoms with van der Waals surface area (Å²) in [7, 11) is 0. The molecule has 1 saturated carbocycles. The Hall–Kier alpha value is -1.68. The molecular weight excluding hydrogens is 250 g/mol. The summed E-state index contributed by atoms with van der Waals surface area (Å²) in [6.07, 6.45) is 4.33. The third-order valence-electron chi connectivity index (χ3n) is 4.74. The fraction of sp³-hybridized carbons (Fsp3) is 0.500. The van der Waals surface area contributed by atoms with Crippen molar-refractivity contribution in [1.82, 2.24) is 10.1 Å². The summed E-state index contributed by atoms with van der Waals surface area (Å²) in [4.78, 5) is 4.61. The van der Waals surface area contributed by atoms with Gasteiger partial charge in [-0.05, 0) is 49.7 Å². The molecule has 0 amide bonds. The third-order valence-corrected chi connectivity index (χ3v) is 4.74. The van der Waals surface area contributed by atoms with E-state index in [-0.39, 0.29) is 0 Å². The van der Waals surface area contributed by atoms with Gasteiger partial charge in [-0.1, -0.05) is 29.4 Å². The van der Waals surface area contributed by atoms with E-state index in [4.69, 9.17) is 10.3 Å². The highest BCUT2D eigenvalue weighted by atomic mass is 16.5. The Kier molecular flexibility index (Phi) is 2.51. The molecule has 0 radical (unpaired) electrons. The van der Waals surface area contributed by atoms with Gasteiger partial charge in [0.25, 0.3) is 0 Å². The van der Waals surface area contributed by atoms with Crippen LogP contribution in [0.2, 0.25) is 0 Å². The topological polar surface area (TPSA) is 64.9 Å².